The molecule has 1 heterocycles. The van der Waals surface area contributed by atoms with E-state index in [4.69, 9.17) is 21.4 Å². The first-order chi connectivity index (χ1) is 15.4. The first-order valence-electron chi connectivity index (χ1n) is 9.45. The molecule has 0 unspecified atom stereocenters. The number of aromatic nitrogens is 2. The van der Waals surface area contributed by atoms with Crippen LogP contribution in [0.1, 0.15) is 21.5 Å². The third-order valence-corrected chi connectivity index (χ3v) is 4.87. The zero-order valence-corrected chi connectivity index (χ0v) is 17.2. The monoisotopic (exact) mass is 449 g/mol. The van der Waals surface area contributed by atoms with Gasteiger partial charge >= 0.3 is 11.7 Å². The number of ether oxygens (including phenoxy) is 1. The molecule has 0 saturated carbocycles. The van der Waals surface area contributed by atoms with Gasteiger partial charge in [-0.25, -0.2) is 9.59 Å². The molecule has 0 aliphatic rings. The van der Waals surface area contributed by atoms with E-state index in [1.807, 2.05) is 0 Å². The fraction of sp³-hybridized carbons (Fsp3) is 0.0435. The van der Waals surface area contributed by atoms with Crippen LogP contribution in [-0.4, -0.2) is 27.0 Å². The van der Waals surface area contributed by atoms with Crippen molar-refractivity contribution in [2.45, 2.75) is 6.61 Å². The minimum atomic E-state index is -1.03. The highest BCUT2D eigenvalue weighted by molar-refractivity contribution is 6.30. The number of para-hydroxylation sites is 1. The van der Waals surface area contributed by atoms with Gasteiger partial charge in [0.05, 0.1) is 22.7 Å². The van der Waals surface area contributed by atoms with Gasteiger partial charge in [-0.1, -0.05) is 35.9 Å². The molecule has 0 radical (unpaired) electrons. The van der Waals surface area contributed by atoms with Crippen molar-refractivity contribution in [1.29, 1.82) is 0 Å². The smallest absolute Gasteiger partial charge is 0.349 e. The molecule has 32 heavy (non-hydrogen) atoms. The molecule has 0 saturated heterocycles. The molecule has 0 aliphatic heterocycles. The predicted octanol–water partition coefficient (Wildman–Crippen LogP) is 3.50. The largest absolute Gasteiger partial charge is 0.488 e. The Balaban J connectivity index is 1.65. The Morgan fingerprint density at radius 1 is 1.09 bits per heavy atom. The van der Waals surface area contributed by atoms with E-state index >= 15 is 0 Å². The van der Waals surface area contributed by atoms with Crippen molar-refractivity contribution in [3.8, 4) is 5.75 Å². The Morgan fingerprint density at radius 3 is 2.72 bits per heavy atom. The van der Waals surface area contributed by atoms with Crippen LogP contribution in [0.25, 0.3) is 10.9 Å². The minimum absolute atomic E-state index is 0.0973. The number of carbonyl (C=O) groups is 1. The number of fused-ring (bicyclic) bond motifs is 1. The van der Waals surface area contributed by atoms with Crippen LogP contribution in [0.3, 0.4) is 0 Å². The van der Waals surface area contributed by atoms with Crippen molar-refractivity contribution >= 4 is 34.7 Å². The normalized spacial score (nSPS) is 11.2. The number of H-pyrrole nitrogens is 1. The summed E-state index contributed by atoms with van der Waals surface area (Å²) in [4.78, 5) is 38.7. The molecule has 160 valence electrons. The maximum absolute atomic E-state index is 12.6. The molecule has 2 N–H and O–H groups in total. The van der Waals surface area contributed by atoms with Gasteiger partial charge in [0.1, 0.15) is 12.4 Å². The van der Waals surface area contributed by atoms with E-state index in [0.717, 1.165) is 4.68 Å². The number of nitrogens with zero attached hydrogens (tertiary/aromatic N) is 2. The van der Waals surface area contributed by atoms with Crippen LogP contribution in [0.5, 0.6) is 5.75 Å². The summed E-state index contributed by atoms with van der Waals surface area (Å²) in [5.41, 5.74) is 0.426. The molecule has 4 aromatic rings. The van der Waals surface area contributed by atoms with Crippen molar-refractivity contribution in [3.63, 3.8) is 0 Å². The molecule has 0 bridgehead atoms. The van der Waals surface area contributed by atoms with Crippen LogP contribution < -0.4 is 16.0 Å². The Kier molecular flexibility index (Phi) is 5.87. The molecule has 0 spiro atoms. The number of nitrogens with one attached hydrogen (secondary N) is 1. The van der Waals surface area contributed by atoms with Crippen LogP contribution in [-0.2, 0) is 6.61 Å². The molecule has 0 amide bonds. The minimum Gasteiger partial charge on any atom is -0.488 e. The topological polar surface area (TPSA) is 114 Å². The van der Waals surface area contributed by atoms with Gasteiger partial charge in [0, 0.05) is 10.6 Å². The molecule has 9 heteroatoms. The van der Waals surface area contributed by atoms with E-state index in [9.17, 15) is 14.4 Å². The lowest BCUT2D eigenvalue weighted by Crippen LogP contribution is -2.32. The number of benzene rings is 3. The first kappa shape index (κ1) is 21.1. The average Bonchev–Trinajstić information content (AvgIpc) is 2.78. The van der Waals surface area contributed by atoms with E-state index < -0.39 is 17.2 Å². The number of aromatic amines is 1. The summed E-state index contributed by atoms with van der Waals surface area (Å²) in [6, 6.07) is 17.8. The summed E-state index contributed by atoms with van der Waals surface area (Å²) < 4.78 is 6.54. The lowest BCUT2D eigenvalue weighted by atomic mass is 10.1. The summed E-state index contributed by atoms with van der Waals surface area (Å²) in [7, 11) is 0. The fourth-order valence-corrected chi connectivity index (χ4v) is 3.27. The summed E-state index contributed by atoms with van der Waals surface area (Å²) in [6.45, 7) is 0.0973. The number of aromatic carboxylic acids is 1. The van der Waals surface area contributed by atoms with Gasteiger partial charge in [0.25, 0.3) is 5.56 Å². The molecule has 3 aromatic carbocycles. The highest BCUT2D eigenvalue weighted by atomic mass is 35.5. The second-order valence-corrected chi connectivity index (χ2v) is 7.25. The second-order valence-electron chi connectivity index (χ2n) is 6.81. The standard InChI is InChI=1S/C23H16ClN3O5/c24-17-8-9-20(32-13-14-4-3-5-15(10-14)22(29)30)16(11-17)12-25-27-21(28)18-6-1-2-7-19(18)26-23(27)31/h1-12H,13H2,(H,26,31)(H,29,30). The van der Waals surface area contributed by atoms with Gasteiger partial charge < -0.3 is 14.8 Å². The molecule has 0 fully saturated rings. The number of carboxylic acids is 1. The zero-order valence-electron chi connectivity index (χ0n) is 16.5. The zero-order chi connectivity index (χ0) is 22.7. The molecule has 0 aliphatic carbocycles. The molecular formula is C23H16ClN3O5. The SMILES string of the molecule is O=C(O)c1cccc(COc2ccc(Cl)cc2C=Nn2c(=O)[nH]c3ccccc3c2=O)c1. The molecular weight excluding hydrogens is 434 g/mol. The van der Waals surface area contributed by atoms with Gasteiger partial charge in [0.2, 0.25) is 0 Å². The highest BCUT2D eigenvalue weighted by Gasteiger charge is 2.09. The molecule has 4 rings (SSSR count). The van der Waals surface area contributed by atoms with Gasteiger partial charge in [-0.2, -0.15) is 5.10 Å². The summed E-state index contributed by atoms with van der Waals surface area (Å²) in [5, 5.41) is 13.9. The Labute approximate surface area is 186 Å². The maximum atomic E-state index is 12.6. The van der Waals surface area contributed by atoms with Gasteiger partial charge in [-0.15, -0.1) is 4.68 Å². The number of hydrogen-bond acceptors (Lipinski definition) is 5. The van der Waals surface area contributed by atoms with Crippen molar-refractivity contribution in [3.05, 3.63) is 109 Å². The van der Waals surface area contributed by atoms with Crippen molar-refractivity contribution < 1.29 is 14.6 Å². The lowest BCUT2D eigenvalue weighted by molar-refractivity contribution is 0.0696. The summed E-state index contributed by atoms with van der Waals surface area (Å²) in [5.74, 6) is -0.638. The number of carboxylic acid groups (broad SMARTS) is 1. The second kappa shape index (κ2) is 8.91. The van der Waals surface area contributed by atoms with Crippen molar-refractivity contribution in [2.75, 3.05) is 0 Å². The van der Waals surface area contributed by atoms with E-state index in [-0.39, 0.29) is 12.2 Å². The number of halogens is 1. The third-order valence-electron chi connectivity index (χ3n) is 4.64. The van der Waals surface area contributed by atoms with Gasteiger partial charge in [0.15, 0.2) is 0 Å². The summed E-state index contributed by atoms with van der Waals surface area (Å²) in [6.07, 6.45) is 1.31. The van der Waals surface area contributed by atoms with E-state index in [0.29, 0.717) is 32.8 Å². The van der Waals surface area contributed by atoms with Crippen LogP contribution in [0.15, 0.2) is 81.4 Å². The van der Waals surface area contributed by atoms with Gasteiger partial charge in [-0.3, -0.25) is 4.79 Å². The van der Waals surface area contributed by atoms with E-state index in [1.165, 1.54) is 18.3 Å². The Morgan fingerprint density at radius 2 is 1.91 bits per heavy atom. The quantitative estimate of drug-likeness (QED) is 0.437. The van der Waals surface area contributed by atoms with E-state index in [2.05, 4.69) is 10.1 Å². The highest BCUT2D eigenvalue weighted by Crippen LogP contribution is 2.23. The first-order valence-corrected chi connectivity index (χ1v) is 9.83. The van der Waals surface area contributed by atoms with Crippen LogP contribution in [0.2, 0.25) is 5.02 Å². The van der Waals surface area contributed by atoms with Crippen LogP contribution in [0.4, 0.5) is 0 Å². The molecule has 1 aromatic heterocycles. The predicted molar refractivity (Wildman–Crippen MR) is 121 cm³/mol. The number of hydrogen-bond donors (Lipinski definition) is 2. The fourth-order valence-electron chi connectivity index (χ4n) is 3.08. The average molecular weight is 450 g/mol. The van der Waals surface area contributed by atoms with Crippen LogP contribution >= 0.6 is 11.6 Å². The van der Waals surface area contributed by atoms with Crippen molar-refractivity contribution in [2.24, 2.45) is 5.10 Å². The molecule has 0 atom stereocenters. The van der Waals surface area contributed by atoms with Crippen LogP contribution in [0, 0.1) is 0 Å². The van der Waals surface area contributed by atoms with Gasteiger partial charge in [-0.05, 0) is 48.0 Å². The third kappa shape index (κ3) is 4.45. The maximum Gasteiger partial charge on any atom is 0.349 e. The lowest BCUT2D eigenvalue weighted by Gasteiger charge is -2.10. The molecule has 8 nitrogen and oxygen atoms in total. The number of rotatable bonds is 6. The summed E-state index contributed by atoms with van der Waals surface area (Å²) >= 11 is 6.09. The van der Waals surface area contributed by atoms with E-state index in [1.54, 1.807) is 54.6 Å². The van der Waals surface area contributed by atoms with Crippen molar-refractivity contribution in [1.82, 2.24) is 9.66 Å². The Hall–Kier alpha value is -4.17. The Bertz CT molecular complexity index is 1470.